The van der Waals surface area contributed by atoms with Gasteiger partial charge >= 0.3 is 0 Å². The van der Waals surface area contributed by atoms with E-state index in [2.05, 4.69) is 5.32 Å². The van der Waals surface area contributed by atoms with Crippen molar-refractivity contribution in [3.8, 4) is 23.0 Å². The van der Waals surface area contributed by atoms with E-state index in [9.17, 15) is 9.59 Å². The Labute approximate surface area is 226 Å². The van der Waals surface area contributed by atoms with E-state index in [1.165, 1.54) is 0 Å². The smallest absolute Gasteiger partial charge is 0.222 e. The lowest BCUT2D eigenvalue weighted by Gasteiger charge is -2.23. The number of carbonyl (C=O) groups excluding carboxylic acids is 2. The molecule has 0 aliphatic heterocycles. The molecular formula is C29H43N3O6. The molecule has 2 amide bonds. The highest BCUT2D eigenvalue weighted by Crippen LogP contribution is 2.29. The first-order chi connectivity index (χ1) is 18.4. The normalized spacial score (nSPS) is 10.6. The van der Waals surface area contributed by atoms with Crippen LogP contribution in [-0.2, 0) is 22.4 Å². The van der Waals surface area contributed by atoms with Crippen molar-refractivity contribution in [3.05, 3.63) is 47.5 Å². The Bertz CT molecular complexity index is 1010. The van der Waals surface area contributed by atoms with E-state index in [0.29, 0.717) is 81.3 Å². The van der Waals surface area contributed by atoms with Gasteiger partial charge in [-0.3, -0.25) is 9.59 Å². The lowest BCUT2D eigenvalue weighted by Crippen LogP contribution is -2.35. The molecule has 3 N–H and O–H groups in total. The zero-order valence-electron chi connectivity index (χ0n) is 23.2. The predicted octanol–water partition coefficient (Wildman–Crippen LogP) is 3.36. The standard InChI is InChI=1S/C29H43N3O6/c1-35-24-12-8-22(20-26(24)37-3)10-14-28(33)31-17-7-19-32(18-6-5-16-30)29(34)15-11-23-9-13-25(36-2)27(21-23)38-4/h8-9,12-13,20-21H,5-7,10-11,14-19,30H2,1-4H3,(H,31,33). The third-order valence-electron chi connectivity index (χ3n) is 6.33. The molecule has 2 aromatic rings. The third-order valence-corrected chi connectivity index (χ3v) is 6.33. The van der Waals surface area contributed by atoms with Crippen LogP contribution in [0.5, 0.6) is 23.0 Å². The van der Waals surface area contributed by atoms with Crippen molar-refractivity contribution >= 4 is 11.8 Å². The van der Waals surface area contributed by atoms with Crippen molar-refractivity contribution < 1.29 is 28.5 Å². The maximum atomic E-state index is 13.0. The minimum Gasteiger partial charge on any atom is -0.493 e. The zero-order valence-corrected chi connectivity index (χ0v) is 23.2. The van der Waals surface area contributed by atoms with Crippen LogP contribution in [-0.4, -0.2) is 71.3 Å². The molecule has 0 atom stereocenters. The fourth-order valence-corrected chi connectivity index (χ4v) is 4.13. The largest absolute Gasteiger partial charge is 0.493 e. The summed E-state index contributed by atoms with van der Waals surface area (Å²) in [6.07, 6.45) is 4.40. The Morgan fingerprint density at radius 2 is 1.26 bits per heavy atom. The van der Waals surface area contributed by atoms with Crippen molar-refractivity contribution in [3.63, 3.8) is 0 Å². The number of methoxy groups -OCH3 is 4. The van der Waals surface area contributed by atoms with Crippen LogP contribution in [0.1, 0.15) is 43.2 Å². The van der Waals surface area contributed by atoms with Crippen LogP contribution < -0.4 is 30.0 Å². The van der Waals surface area contributed by atoms with Crippen molar-refractivity contribution in [2.24, 2.45) is 5.73 Å². The van der Waals surface area contributed by atoms with Crippen LogP contribution in [0.25, 0.3) is 0 Å². The maximum Gasteiger partial charge on any atom is 0.222 e. The molecule has 0 bridgehead atoms. The van der Waals surface area contributed by atoms with E-state index in [0.717, 1.165) is 24.0 Å². The molecule has 0 radical (unpaired) electrons. The van der Waals surface area contributed by atoms with Gasteiger partial charge in [-0.05, 0) is 74.0 Å². The Hall–Kier alpha value is -3.46. The number of hydrogen-bond donors (Lipinski definition) is 2. The van der Waals surface area contributed by atoms with E-state index >= 15 is 0 Å². The fraction of sp³-hybridized carbons (Fsp3) is 0.517. The summed E-state index contributed by atoms with van der Waals surface area (Å²) >= 11 is 0. The van der Waals surface area contributed by atoms with Crippen molar-refractivity contribution in [2.75, 3.05) is 54.6 Å². The average molecular weight is 530 g/mol. The van der Waals surface area contributed by atoms with E-state index in [4.69, 9.17) is 24.7 Å². The number of nitrogens with one attached hydrogen (secondary N) is 1. The number of carbonyl (C=O) groups is 2. The number of rotatable bonds is 18. The summed E-state index contributed by atoms with van der Waals surface area (Å²) in [5, 5.41) is 2.97. The minimum atomic E-state index is -0.0192. The monoisotopic (exact) mass is 529 g/mol. The van der Waals surface area contributed by atoms with Gasteiger partial charge in [0.2, 0.25) is 11.8 Å². The molecule has 0 aliphatic carbocycles. The van der Waals surface area contributed by atoms with Gasteiger partial charge in [0.05, 0.1) is 28.4 Å². The van der Waals surface area contributed by atoms with Gasteiger partial charge in [0.15, 0.2) is 23.0 Å². The van der Waals surface area contributed by atoms with Gasteiger partial charge in [0, 0.05) is 32.5 Å². The molecule has 0 saturated heterocycles. The lowest BCUT2D eigenvalue weighted by atomic mass is 10.1. The molecule has 9 heteroatoms. The summed E-state index contributed by atoms with van der Waals surface area (Å²) in [7, 11) is 6.38. The quantitative estimate of drug-likeness (QED) is 0.285. The number of nitrogens with two attached hydrogens (primary N) is 1. The molecule has 0 saturated carbocycles. The van der Waals surface area contributed by atoms with Crippen LogP contribution in [0.4, 0.5) is 0 Å². The van der Waals surface area contributed by atoms with E-state index in [1.54, 1.807) is 28.4 Å². The second kappa shape index (κ2) is 17.1. The number of unbranched alkanes of at least 4 members (excludes halogenated alkanes) is 1. The van der Waals surface area contributed by atoms with Gasteiger partial charge in [-0.15, -0.1) is 0 Å². The Kier molecular flexibility index (Phi) is 13.9. The minimum absolute atomic E-state index is 0.0192. The number of ether oxygens (including phenoxy) is 4. The highest BCUT2D eigenvalue weighted by atomic mass is 16.5. The molecule has 9 nitrogen and oxygen atoms in total. The average Bonchev–Trinajstić information content (AvgIpc) is 2.95. The molecule has 0 spiro atoms. The number of benzene rings is 2. The van der Waals surface area contributed by atoms with Gasteiger partial charge in [-0.2, -0.15) is 0 Å². The molecule has 0 heterocycles. The van der Waals surface area contributed by atoms with Gasteiger partial charge in [-0.1, -0.05) is 12.1 Å². The van der Waals surface area contributed by atoms with Crippen LogP contribution in [0.15, 0.2) is 36.4 Å². The summed E-state index contributed by atoms with van der Waals surface area (Å²) in [4.78, 5) is 27.2. The predicted molar refractivity (Wildman–Crippen MR) is 148 cm³/mol. The second-order valence-electron chi connectivity index (χ2n) is 8.96. The molecule has 2 aromatic carbocycles. The number of aryl methyl sites for hydroxylation is 2. The van der Waals surface area contributed by atoms with Gasteiger partial charge < -0.3 is 34.9 Å². The van der Waals surface area contributed by atoms with Crippen LogP contribution >= 0.6 is 0 Å². The van der Waals surface area contributed by atoms with Crippen molar-refractivity contribution in [1.82, 2.24) is 10.2 Å². The van der Waals surface area contributed by atoms with E-state index in [-0.39, 0.29) is 11.8 Å². The van der Waals surface area contributed by atoms with Crippen LogP contribution in [0, 0.1) is 0 Å². The number of amides is 2. The Morgan fingerprint density at radius 3 is 1.79 bits per heavy atom. The first-order valence-electron chi connectivity index (χ1n) is 13.1. The molecule has 210 valence electrons. The Balaban J connectivity index is 1.80. The molecule has 2 rings (SSSR count). The Morgan fingerprint density at radius 1 is 0.737 bits per heavy atom. The summed E-state index contributed by atoms with van der Waals surface area (Å²) in [6.45, 7) is 2.37. The SMILES string of the molecule is COc1ccc(CCC(=O)NCCCN(CCCCN)C(=O)CCc2ccc(OC)c(OC)c2)cc1OC. The number of nitrogens with zero attached hydrogens (tertiary/aromatic N) is 1. The van der Waals surface area contributed by atoms with Gasteiger partial charge in [-0.25, -0.2) is 0 Å². The third kappa shape index (κ3) is 10.1. The highest BCUT2D eigenvalue weighted by Gasteiger charge is 2.14. The molecule has 0 aromatic heterocycles. The second-order valence-corrected chi connectivity index (χ2v) is 8.96. The highest BCUT2D eigenvalue weighted by molar-refractivity contribution is 5.77. The van der Waals surface area contributed by atoms with Crippen molar-refractivity contribution in [2.45, 2.75) is 44.9 Å². The molecular weight excluding hydrogens is 486 g/mol. The molecule has 0 aliphatic rings. The van der Waals surface area contributed by atoms with E-state index in [1.807, 2.05) is 41.3 Å². The first kappa shape index (κ1) is 30.8. The van der Waals surface area contributed by atoms with Gasteiger partial charge in [0.1, 0.15) is 0 Å². The zero-order chi connectivity index (χ0) is 27.8. The summed E-state index contributed by atoms with van der Waals surface area (Å²) < 4.78 is 21.2. The first-order valence-corrected chi connectivity index (χ1v) is 13.1. The fourth-order valence-electron chi connectivity index (χ4n) is 4.13. The molecule has 0 fully saturated rings. The number of hydrogen-bond acceptors (Lipinski definition) is 7. The topological polar surface area (TPSA) is 112 Å². The summed E-state index contributed by atoms with van der Waals surface area (Å²) in [5.74, 6) is 2.70. The maximum absolute atomic E-state index is 13.0. The van der Waals surface area contributed by atoms with Gasteiger partial charge in [0.25, 0.3) is 0 Å². The molecule has 0 unspecified atom stereocenters. The summed E-state index contributed by atoms with van der Waals surface area (Å²) in [6, 6.07) is 11.4. The van der Waals surface area contributed by atoms with Crippen molar-refractivity contribution in [1.29, 1.82) is 0 Å². The van der Waals surface area contributed by atoms with Crippen LogP contribution in [0.2, 0.25) is 0 Å². The lowest BCUT2D eigenvalue weighted by molar-refractivity contribution is -0.131. The molecule has 38 heavy (non-hydrogen) atoms. The summed E-state index contributed by atoms with van der Waals surface area (Å²) in [5.41, 5.74) is 7.66. The van der Waals surface area contributed by atoms with Crippen LogP contribution in [0.3, 0.4) is 0 Å². The van der Waals surface area contributed by atoms with E-state index < -0.39 is 0 Å².